The third-order valence-corrected chi connectivity index (χ3v) is 8.43. The highest BCUT2D eigenvalue weighted by molar-refractivity contribution is 5.91. The van der Waals surface area contributed by atoms with E-state index in [9.17, 15) is 14.7 Å². The zero-order valence-electron chi connectivity index (χ0n) is 15.2. The van der Waals surface area contributed by atoms with Crippen LogP contribution in [-0.4, -0.2) is 22.8 Å². The summed E-state index contributed by atoms with van der Waals surface area (Å²) in [7, 11) is 0. The number of carbonyl (C=O) groups is 2. The first-order chi connectivity index (χ1) is 11.3. The summed E-state index contributed by atoms with van der Waals surface area (Å²) < 4.78 is 0. The number of Topliss-reactive ketones (excluding diaryl/α,β-unsaturated/α-hetero) is 1. The van der Waals surface area contributed by atoms with E-state index in [1.165, 1.54) is 5.57 Å². The molecule has 0 unspecified atom stereocenters. The average Bonchev–Trinajstić information content (AvgIpc) is 2.78. The number of hydrogen-bond acceptors (Lipinski definition) is 3. The Balaban J connectivity index is 1.69. The summed E-state index contributed by atoms with van der Waals surface area (Å²) in [5, 5.41) is 10.6. The number of allylic oxidation sites excluding steroid dienone is 1. The van der Waals surface area contributed by atoms with E-state index in [0.29, 0.717) is 30.0 Å². The van der Waals surface area contributed by atoms with Crippen LogP contribution in [0, 0.1) is 34.5 Å². The van der Waals surface area contributed by atoms with Crippen molar-refractivity contribution >= 4 is 11.6 Å². The Hall–Kier alpha value is -0.960. The van der Waals surface area contributed by atoms with Gasteiger partial charge in [0, 0.05) is 12.3 Å². The van der Waals surface area contributed by atoms with Gasteiger partial charge in [-0.15, -0.1) is 0 Å². The molecule has 4 aliphatic carbocycles. The smallest absolute Gasteiger partial charge is 0.155 e. The van der Waals surface area contributed by atoms with Crippen molar-refractivity contribution in [3.8, 4) is 0 Å². The van der Waals surface area contributed by atoms with Gasteiger partial charge in [-0.3, -0.25) is 9.59 Å². The van der Waals surface area contributed by atoms with Gasteiger partial charge in [-0.1, -0.05) is 19.4 Å². The summed E-state index contributed by atoms with van der Waals surface area (Å²) in [6.07, 6.45) is 8.26. The Morgan fingerprint density at radius 2 is 1.92 bits per heavy atom. The summed E-state index contributed by atoms with van der Waals surface area (Å²) in [5.41, 5.74) is 1.51. The number of aliphatic hydroxyl groups is 1. The number of ketones is 2. The molecule has 0 heterocycles. The lowest BCUT2D eigenvalue weighted by molar-refractivity contribution is -0.131. The predicted molar refractivity (Wildman–Crippen MR) is 92.3 cm³/mol. The zero-order chi connectivity index (χ0) is 17.3. The number of rotatable bonds is 1. The van der Waals surface area contributed by atoms with Crippen LogP contribution in [0.3, 0.4) is 0 Å². The zero-order valence-corrected chi connectivity index (χ0v) is 15.2. The maximum atomic E-state index is 12.2. The van der Waals surface area contributed by atoms with Crippen LogP contribution in [0.5, 0.6) is 0 Å². The highest BCUT2D eigenvalue weighted by atomic mass is 16.3. The van der Waals surface area contributed by atoms with Gasteiger partial charge < -0.3 is 5.11 Å². The third kappa shape index (κ3) is 2.06. The molecule has 3 nitrogen and oxygen atoms in total. The first kappa shape index (κ1) is 16.5. The van der Waals surface area contributed by atoms with Crippen molar-refractivity contribution in [2.24, 2.45) is 34.5 Å². The molecule has 0 saturated heterocycles. The Bertz CT molecular complexity index is 621. The maximum absolute atomic E-state index is 12.2. The molecule has 0 radical (unpaired) electrons. The van der Waals surface area contributed by atoms with E-state index in [2.05, 4.69) is 13.8 Å². The van der Waals surface area contributed by atoms with E-state index >= 15 is 0 Å². The second kappa shape index (κ2) is 5.27. The van der Waals surface area contributed by atoms with Crippen molar-refractivity contribution in [1.29, 1.82) is 0 Å². The minimum Gasteiger partial charge on any atom is -0.392 e. The molecule has 4 rings (SSSR count). The van der Waals surface area contributed by atoms with Crippen molar-refractivity contribution in [3.63, 3.8) is 0 Å². The van der Waals surface area contributed by atoms with Gasteiger partial charge in [0.2, 0.25) is 0 Å². The Kier molecular flexibility index (Phi) is 3.62. The van der Waals surface area contributed by atoms with Crippen molar-refractivity contribution in [2.45, 2.75) is 71.8 Å². The normalized spacial score (nSPS) is 50.6. The minimum atomic E-state index is -0.464. The molecule has 4 aliphatic rings. The molecule has 0 aliphatic heterocycles. The standard InChI is InChI=1S/C21H30O3/c1-12(22)19-18(24)11-17-15-5-4-13-10-14(23)6-8-20(13,2)16(15)7-9-21(17,19)3/h10,15-19,24H,4-9,11H2,1-3H3/t15-,16-,17+,18-,19-,20-,21-/m0/s1. The lowest BCUT2D eigenvalue weighted by Crippen LogP contribution is -2.51. The number of fused-ring (bicyclic) bond motifs is 5. The molecular weight excluding hydrogens is 300 g/mol. The van der Waals surface area contributed by atoms with E-state index in [-0.39, 0.29) is 22.5 Å². The van der Waals surface area contributed by atoms with Crippen LogP contribution >= 0.6 is 0 Å². The molecule has 132 valence electrons. The monoisotopic (exact) mass is 330 g/mol. The highest BCUT2D eigenvalue weighted by Gasteiger charge is 2.62. The van der Waals surface area contributed by atoms with Crippen LogP contribution in [0.1, 0.15) is 65.7 Å². The molecule has 3 heteroatoms. The SMILES string of the molecule is CC(=O)[C@H]1[C@@H](O)C[C@@H]2[C@H]3CCC4=CC(=O)CC[C@]4(C)[C@H]3CC[C@@]21C. The van der Waals surface area contributed by atoms with E-state index in [1.54, 1.807) is 6.92 Å². The molecule has 0 amide bonds. The maximum Gasteiger partial charge on any atom is 0.155 e. The van der Waals surface area contributed by atoms with Gasteiger partial charge in [-0.2, -0.15) is 0 Å². The van der Waals surface area contributed by atoms with Crippen LogP contribution in [0.25, 0.3) is 0 Å². The van der Waals surface area contributed by atoms with Crippen LogP contribution in [0.4, 0.5) is 0 Å². The second-order valence-corrected chi connectivity index (χ2v) is 9.40. The number of carbonyl (C=O) groups excluding carboxylic acids is 2. The summed E-state index contributed by atoms with van der Waals surface area (Å²) >= 11 is 0. The first-order valence-corrected chi connectivity index (χ1v) is 9.70. The lowest BCUT2D eigenvalue weighted by Gasteiger charge is -2.57. The van der Waals surface area contributed by atoms with Gasteiger partial charge in [0.1, 0.15) is 5.78 Å². The summed E-state index contributed by atoms with van der Waals surface area (Å²) in [5.74, 6) is 1.95. The van der Waals surface area contributed by atoms with Gasteiger partial charge in [0.15, 0.2) is 5.78 Å². The van der Waals surface area contributed by atoms with Crippen LogP contribution in [-0.2, 0) is 9.59 Å². The first-order valence-electron chi connectivity index (χ1n) is 9.70. The largest absolute Gasteiger partial charge is 0.392 e. The van der Waals surface area contributed by atoms with Gasteiger partial charge in [-0.05, 0) is 80.1 Å². The van der Waals surface area contributed by atoms with E-state index in [1.807, 2.05) is 6.08 Å². The molecule has 0 bridgehead atoms. The van der Waals surface area contributed by atoms with Gasteiger partial charge >= 0.3 is 0 Å². The van der Waals surface area contributed by atoms with Gasteiger partial charge in [0.25, 0.3) is 0 Å². The minimum absolute atomic E-state index is 0.0333. The fraction of sp³-hybridized carbons (Fsp3) is 0.810. The van der Waals surface area contributed by atoms with Crippen molar-refractivity contribution in [2.75, 3.05) is 0 Å². The molecule has 0 aromatic rings. The molecule has 24 heavy (non-hydrogen) atoms. The number of hydrogen-bond donors (Lipinski definition) is 1. The van der Waals surface area contributed by atoms with Crippen molar-refractivity contribution in [3.05, 3.63) is 11.6 Å². The fourth-order valence-corrected chi connectivity index (χ4v) is 7.31. The Morgan fingerprint density at radius 3 is 2.62 bits per heavy atom. The van der Waals surface area contributed by atoms with Gasteiger partial charge in [0.05, 0.1) is 6.10 Å². The summed E-state index contributed by atoms with van der Waals surface area (Å²) in [6, 6.07) is 0. The molecule has 7 atom stereocenters. The topological polar surface area (TPSA) is 54.4 Å². The van der Waals surface area contributed by atoms with E-state index in [0.717, 1.165) is 38.5 Å². The average molecular weight is 330 g/mol. The van der Waals surface area contributed by atoms with Crippen LogP contribution < -0.4 is 0 Å². The predicted octanol–water partition coefficient (Wildman–Crippen LogP) is 3.69. The lowest BCUT2D eigenvalue weighted by atomic mass is 9.46. The Morgan fingerprint density at radius 1 is 1.17 bits per heavy atom. The quantitative estimate of drug-likeness (QED) is 0.797. The molecule has 1 N–H and O–H groups in total. The van der Waals surface area contributed by atoms with Crippen molar-refractivity contribution in [1.82, 2.24) is 0 Å². The van der Waals surface area contributed by atoms with E-state index in [4.69, 9.17) is 0 Å². The van der Waals surface area contributed by atoms with Crippen LogP contribution in [0.2, 0.25) is 0 Å². The molecule has 0 aromatic carbocycles. The van der Waals surface area contributed by atoms with Crippen molar-refractivity contribution < 1.29 is 14.7 Å². The Labute approximate surface area is 144 Å². The second-order valence-electron chi connectivity index (χ2n) is 9.40. The number of aliphatic hydroxyl groups excluding tert-OH is 1. The molecule has 3 fully saturated rings. The fourth-order valence-electron chi connectivity index (χ4n) is 7.31. The molecule has 0 spiro atoms. The molecular formula is C21H30O3. The third-order valence-electron chi connectivity index (χ3n) is 8.43. The molecule has 0 aromatic heterocycles. The highest BCUT2D eigenvalue weighted by Crippen LogP contribution is 2.66. The van der Waals surface area contributed by atoms with Gasteiger partial charge in [-0.25, -0.2) is 0 Å². The summed E-state index contributed by atoms with van der Waals surface area (Å²) in [6.45, 7) is 6.29. The van der Waals surface area contributed by atoms with Crippen LogP contribution in [0.15, 0.2) is 11.6 Å². The van der Waals surface area contributed by atoms with E-state index < -0.39 is 6.10 Å². The molecule has 3 saturated carbocycles. The summed E-state index contributed by atoms with van der Waals surface area (Å²) in [4.78, 5) is 24.1.